The lowest BCUT2D eigenvalue weighted by Gasteiger charge is -2.18. The van der Waals surface area contributed by atoms with Crippen molar-refractivity contribution in [1.82, 2.24) is 9.78 Å². The lowest BCUT2D eigenvalue weighted by atomic mass is 10.2. The van der Waals surface area contributed by atoms with Crippen LogP contribution >= 0.6 is 11.6 Å². The van der Waals surface area contributed by atoms with Gasteiger partial charge in [-0.2, -0.15) is 5.10 Å². The lowest BCUT2D eigenvalue weighted by molar-refractivity contribution is -0.144. The first-order valence-corrected chi connectivity index (χ1v) is 9.71. The molecule has 0 aliphatic rings. The maximum Gasteiger partial charge on any atom is 0.344 e. The number of carboxylic acid groups (broad SMARTS) is 1. The van der Waals surface area contributed by atoms with E-state index in [4.69, 9.17) is 25.8 Å². The van der Waals surface area contributed by atoms with E-state index in [-0.39, 0.29) is 6.61 Å². The van der Waals surface area contributed by atoms with Crippen LogP contribution in [0, 0.1) is 13.8 Å². The third-order valence-electron chi connectivity index (χ3n) is 4.57. The van der Waals surface area contributed by atoms with E-state index in [0.29, 0.717) is 33.7 Å². The van der Waals surface area contributed by atoms with E-state index in [0.717, 1.165) is 11.3 Å². The van der Waals surface area contributed by atoms with E-state index in [9.17, 15) is 9.90 Å². The standard InChI is InChI=1S/C22H23ClN2O5/c1-13-14(2)24-25(4)21(13)30-20-11-19(29-15(3)22(26)27)16(10-18(20)23)12-28-17-8-6-5-7-9-17/h5-11,15H,12H2,1-4H3,(H,26,27)/t15-/m0/s1. The quantitative estimate of drug-likeness (QED) is 0.546. The predicted octanol–water partition coefficient (Wildman–Crippen LogP) is 4.91. The summed E-state index contributed by atoms with van der Waals surface area (Å²) in [6.07, 6.45) is -1.06. The molecule has 0 aliphatic heterocycles. The van der Waals surface area contributed by atoms with Gasteiger partial charge in [0.15, 0.2) is 11.9 Å². The number of carboxylic acids is 1. The predicted molar refractivity (Wildman–Crippen MR) is 113 cm³/mol. The number of hydrogen-bond donors (Lipinski definition) is 1. The van der Waals surface area contributed by atoms with Crippen LogP contribution in [-0.4, -0.2) is 27.0 Å². The summed E-state index contributed by atoms with van der Waals surface area (Å²) in [6, 6.07) is 12.5. The SMILES string of the molecule is Cc1nn(C)c(Oc2cc(O[C@@H](C)C(=O)O)c(COc3ccccc3)cc2Cl)c1C. The molecule has 7 nitrogen and oxygen atoms in total. The molecule has 158 valence electrons. The Morgan fingerprint density at radius 3 is 2.50 bits per heavy atom. The van der Waals surface area contributed by atoms with Crippen LogP contribution in [0.15, 0.2) is 42.5 Å². The molecule has 0 aliphatic carbocycles. The van der Waals surface area contributed by atoms with E-state index >= 15 is 0 Å². The van der Waals surface area contributed by atoms with E-state index < -0.39 is 12.1 Å². The minimum Gasteiger partial charge on any atom is -0.489 e. The number of halogens is 1. The van der Waals surface area contributed by atoms with E-state index in [1.54, 1.807) is 23.9 Å². The van der Waals surface area contributed by atoms with Gasteiger partial charge in [-0.25, -0.2) is 9.48 Å². The van der Waals surface area contributed by atoms with Crippen LogP contribution in [-0.2, 0) is 18.4 Å². The number of nitrogens with zero attached hydrogens (tertiary/aromatic N) is 2. The van der Waals surface area contributed by atoms with Crippen LogP contribution in [0.25, 0.3) is 0 Å². The second kappa shape index (κ2) is 9.09. The second-order valence-electron chi connectivity index (χ2n) is 6.83. The highest BCUT2D eigenvalue weighted by Gasteiger charge is 2.20. The Balaban J connectivity index is 1.93. The molecule has 1 heterocycles. The fraction of sp³-hybridized carbons (Fsp3) is 0.273. The number of carbonyl (C=O) groups is 1. The first-order valence-electron chi connectivity index (χ1n) is 9.34. The van der Waals surface area contributed by atoms with Gasteiger partial charge in [0.2, 0.25) is 5.88 Å². The Morgan fingerprint density at radius 2 is 1.90 bits per heavy atom. The minimum atomic E-state index is -1.08. The molecule has 0 amide bonds. The highest BCUT2D eigenvalue weighted by Crippen LogP contribution is 2.37. The number of aryl methyl sites for hydroxylation is 2. The van der Waals surface area contributed by atoms with E-state index in [1.807, 2.05) is 44.2 Å². The summed E-state index contributed by atoms with van der Waals surface area (Å²) in [4.78, 5) is 11.3. The topological polar surface area (TPSA) is 82.8 Å². The van der Waals surface area contributed by atoms with Gasteiger partial charge in [0.05, 0.1) is 10.7 Å². The third-order valence-corrected chi connectivity index (χ3v) is 4.86. The summed E-state index contributed by atoms with van der Waals surface area (Å²) in [6.45, 7) is 5.39. The molecule has 0 saturated heterocycles. The van der Waals surface area contributed by atoms with Crippen LogP contribution in [0.3, 0.4) is 0 Å². The number of ether oxygens (including phenoxy) is 3. The second-order valence-corrected chi connectivity index (χ2v) is 7.24. The van der Waals surface area contributed by atoms with Gasteiger partial charge in [-0.3, -0.25) is 0 Å². The van der Waals surface area contributed by atoms with Crippen LogP contribution in [0.4, 0.5) is 0 Å². The molecule has 3 rings (SSSR count). The number of aliphatic carboxylic acids is 1. The zero-order chi connectivity index (χ0) is 21.8. The third kappa shape index (κ3) is 4.86. The van der Waals surface area contributed by atoms with Crippen LogP contribution in [0.2, 0.25) is 5.02 Å². The van der Waals surface area contributed by atoms with Gasteiger partial charge in [-0.15, -0.1) is 0 Å². The van der Waals surface area contributed by atoms with E-state index in [1.165, 1.54) is 6.92 Å². The van der Waals surface area contributed by atoms with Gasteiger partial charge in [0.1, 0.15) is 18.1 Å². The molecule has 0 saturated carbocycles. The van der Waals surface area contributed by atoms with E-state index in [2.05, 4.69) is 5.10 Å². The number of benzene rings is 2. The molecule has 0 unspecified atom stereocenters. The largest absolute Gasteiger partial charge is 0.489 e. The Hall–Kier alpha value is -3.19. The summed E-state index contributed by atoms with van der Waals surface area (Å²) in [7, 11) is 1.77. The summed E-state index contributed by atoms with van der Waals surface area (Å²) in [5, 5.41) is 13.9. The van der Waals surface area contributed by atoms with Gasteiger partial charge in [-0.1, -0.05) is 29.8 Å². The normalized spacial score (nSPS) is 11.8. The highest BCUT2D eigenvalue weighted by atomic mass is 35.5. The zero-order valence-corrected chi connectivity index (χ0v) is 17.9. The molecule has 30 heavy (non-hydrogen) atoms. The summed E-state index contributed by atoms with van der Waals surface area (Å²) < 4.78 is 19.1. The van der Waals surface area contributed by atoms with Crippen LogP contribution in [0.1, 0.15) is 23.7 Å². The number of para-hydroxylation sites is 1. The summed E-state index contributed by atoms with van der Waals surface area (Å²) in [5.74, 6) is 0.781. The summed E-state index contributed by atoms with van der Waals surface area (Å²) >= 11 is 6.46. The summed E-state index contributed by atoms with van der Waals surface area (Å²) in [5.41, 5.74) is 2.32. The molecule has 8 heteroatoms. The average Bonchev–Trinajstić information content (AvgIpc) is 2.95. The Morgan fingerprint density at radius 1 is 1.20 bits per heavy atom. The Bertz CT molecular complexity index is 1050. The Kier molecular flexibility index (Phi) is 6.52. The highest BCUT2D eigenvalue weighted by molar-refractivity contribution is 6.32. The molecule has 1 N–H and O–H groups in total. The van der Waals surface area contributed by atoms with Crippen molar-refractivity contribution in [2.45, 2.75) is 33.5 Å². The molecule has 1 atom stereocenters. The maximum absolute atomic E-state index is 11.3. The fourth-order valence-corrected chi connectivity index (χ4v) is 3.01. The molecule has 1 aromatic heterocycles. The molecular formula is C22H23ClN2O5. The van der Waals surface area contributed by atoms with Crippen molar-refractivity contribution in [3.63, 3.8) is 0 Å². The zero-order valence-electron chi connectivity index (χ0n) is 17.2. The fourth-order valence-electron chi connectivity index (χ4n) is 2.78. The van der Waals surface area contributed by atoms with Gasteiger partial charge in [0, 0.05) is 24.2 Å². The maximum atomic E-state index is 11.3. The number of rotatable bonds is 8. The van der Waals surface area contributed by atoms with Crippen molar-refractivity contribution in [2.75, 3.05) is 0 Å². The number of hydrogen-bond acceptors (Lipinski definition) is 5. The van der Waals surface area contributed by atoms with Crippen molar-refractivity contribution in [3.8, 4) is 23.1 Å². The molecule has 0 fully saturated rings. The first-order chi connectivity index (χ1) is 14.3. The van der Waals surface area contributed by atoms with Crippen molar-refractivity contribution >= 4 is 17.6 Å². The first kappa shape index (κ1) is 21.5. The van der Waals surface area contributed by atoms with Crippen molar-refractivity contribution in [1.29, 1.82) is 0 Å². The molecular weight excluding hydrogens is 408 g/mol. The Labute approximate surface area is 179 Å². The van der Waals surface area contributed by atoms with Gasteiger partial charge < -0.3 is 19.3 Å². The monoisotopic (exact) mass is 430 g/mol. The van der Waals surface area contributed by atoms with Gasteiger partial charge in [-0.05, 0) is 39.0 Å². The van der Waals surface area contributed by atoms with Gasteiger partial charge in [0.25, 0.3) is 0 Å². The van der Waals surface area contributed by atoms with Crippen LogP contribution < -0.4 is 14.2 Å². The molecule has 3 aromatic rings. The molecule has 2 aromatic carbocycles. The van der Waals surface area contributed by atoms with Crippen molar-refractivity contribution in [3.05, 3.63) is 64.3 Å². The van der Waals surface area contributed by atoms with Gasteiger partial charge >= 0.3 is 5.97 Å². The van der Waals surface area contributed by atoms with Crippen molar-refractivity contribution in [2.24, 2.45) is 7.05 Å². The lowest BCUT2D eigenvalue weighted by Crippen LogP contribution is -2.23. The molecule has 0 spiro atoms. The van der Waals surface area contributed by atoms with Crippen LogP contribution in [0.5, 0.6) is 23.1 Å². The average molecular weight is 431 g/mol. The van der Waals surface area contributed by atoms with Crippen molar-refractivity contribution < 1.29 is 24.1 Å². The molecule has 0 radical (unpaired) electrons. The minimum absolute atomic E-state index is 0.148. The number of aromatic nitrogens is 2. The smallest absolute Gasteiger partial charge is 0.344 e. The molecule has 0 bridgehead atoms.